The quantitative estimate of drug-likeness (QED) is 0.736. The summed E-state index contributed by atoms with van der Waals surface area (Å²) in [4.78, 5) is 25.2. The maximum absolute atomic E-state index is 12.2. The molecule has 1 aliphatic heterocycles. The lowest BCUT2D eigenvalue weighted by atomic mass is 10.3. The Bertz CT molecular complexity index is 319. The molecule has 8 heteroatoms. The molecule has 1 rings (SSSR count). The number of amides is 3. The Morgan fingerprint density at radius 3 is 2.47 bits per heavy atom. The topological polar surface area (TPSA) is 52.7 Å². The van der Waals surface area contributed by atoms with Gasteiger partial charge in [0.05, 0.1) is 0 Å². The first-order valence-corrected chi connectivity index (χ1v) is 5.08. The minimum Gasteiger partial charge on any atom is -0.342 e. The van der Waals surface area contributed by atoms with Gasteiger partial charge in [0.25, 0.3) is 0 Å². The van der Waals surface area contributed by atoms with Crippen LogP contribution >= 0.6 is 0 Å². The molecule has 0 aromatic rings. The molecule has 1 saturated heterocycles. The van der Waals surface area contributed by atoms with Crippen molar-refractivity contribution in [1.29, 1.82) is 0 Å². The number of urea groups is 1. The van der Waals surface area contributed by atoms with Crippen molar-refractivity contribution in [3.8, 4) is 0 Å². The van der Waals surface area contributed by atoms with Crippen molar-refractivity contribution in [2.45, 2.75) is 19.1 Å². The molecule has 1 unspecified atom stereocenters. The first-order chi connectivity index (χ1) is 7.71. The van der Waals surface area contributed by atoms with Gasteiger partial charge < -0.3 is 15.1 Å². The molecule has 1 heterocycles. The van der Waals surface area contributed by atoms with Crippen LogP contribution < -0.4 is 5.32 Å². The summed E-state index contributed by atoms with van der Waals surface area (Å²) in [5, 5.41) is 1.82. The molecule has 0 spiro atoms. The number of nitrogens with one attached hydrogen (secondary N) is 1. The molecule has 0 aromatic heterocycles. The molecule has 1 N–H and O–H groups in total. The second kappa shape index (κ2) is 4.80. The van der Waals surface area contributed by atoms with E-state index < -0.39 is 18.2 Å². The normalized spacial score (nSPS) is 19.2. The highest BCUT2D eigenvalue weighted by Gasteiger charge is 2.38. The van der Waals surface area contributed by atoms with Gasteiger partial charge in [0.1, 0.15) is 12.6 Å². The van der Waals surface area contributed by atoms with Gasteiger partial charge in [-0.05, 0) is 6.92 Å². The average molecular weight is 253 g/mol. The summed E-state index contributed by atoms with van der Waals surface area (Å²) in [6, 6.07) is -2.79. The molecule has 17 heavy (non-hydrogen) atoms. The standard InChI is InChI=1S/C9H14F3N3O2/c1-6(9(10,11)12)13-8(17)15-4-3-14(2)7(16)5-15/h6H,3-5H2,1-2H3,(H,13,17). The molecular formula is C9H14F3N3O2. The summed E-state index contributed by atoms with van der Waals surface area (Å²) >= 11 is 0. The summed E-state index contributed by atoms with van der Waals surface area (Å²) in [5.74, 6) is -0.286. The molecule has 0 radical (unpaired) electrons. The highest BCUT2D eigenvalue weighted by atomic mass is 19.4. The first kappa shape index (κ1) is 13.6. The third-order valence-electron chi connectivity index (χ3n) is 2.58. The van der Waals surface area contributed by atoms with Crippen molar-refractivity contribution < 1.29 is 22.8 Å². The number of carbonyl (C=O) groups excluding carboxylic acids is 2. The van der Waals surface area contributed by atoms with E-state index in [9.17, 15) is 22.8 Å². The summed E-state index contributed by atoms with van der Waals surface area (Å²) < 4.78 is 36.6. The molecular weight excluding hydrogens is 239 g/mol. The molecule has 1 atom stereocenters. The van der Waals surface area contributed by atoms with Crippen molar-refractivity contribution in [3.05, 3.63) is 0 Å². The lowest BCUT2D eigenvalue weighted by Gasteiger charge is -2.32. The van der Waals surface area contributed by atoms with E-state index in [1.165, 1.54) is 4.90 Å². The van der Waals surface area contributed by atoms with Gasteiger partial charge in [-0.2, -0.15) is 13.2 Å². The minimum atomic E-state index is -4.48. The Hall–Kier alpha value is -1.47. The molecule has 0 aromatic carbocycles. The van der Waals surface area contributed by atoms with Crippen LogP contribution in [0.4, 0.5) is 18.0 Å². The van der Waals surface area contributed by atoms with E-state index in [1.807, 2.05) is 5.32 Å². The van der Waals surface area contributed by atoms with Gasteiger partial charge >= 0.3 is 12.2 Å². The van der Waals surface area contributed by atoms with E-state index >= 15 is 0 Å². The van der Waals surface area contributed by atoms with Crippen LogP contribution in [0.1, 0.15) is 6.92 Å². The second-order valence-electron chi connectivity index (χ2n) is 3.95. The van der Waals surface area contributed by atoms with Crippen LogP contribution in [0.25, 0.3) is 0 Å². The van der Waals surface area contributed by atoms with E-state index in [1.54, 1.807) is 7.05 Å². The molecule has 3 amide bonds. The van der Waals surface area contributed by atoms with Crippen LogP contribution in [0.3, 0.4) is 0 Å². The zero-order chi connectivity index (χ0) is 13.2. The Balaban J connectivity index is 2.52. The van der Waals surface area contributed by atoms with E-state index in [4.69, 9.17) is 0 Å². The van der Waals surface area contributed by atoms with E-state index in [-0.39, 0.29) is 19.0 Å². The SMILES string of the molecule is CC(NC(=O)N1CCN(C)C(=O)C1)C(F)(F)F. The van der Waals surface area contributed by atoms with Gasteiger partial charge in [-0.15, -0.1) is 0 Å². The molecule has 1 fully saturated rings. The molecule has 0 bridgehead atoms. The van der Waals surface area contributed by atoms with Crippen molar-refractivity contribution in [1.82, 2.24) is 15.1 Å². The van der Waals surface area contributed by atoms with E-state index in [0.717, 1.165) is 11.8 Å². The maximum Gasteiger partial charge on any atom is 0.408 e. The van der Waals surface area contributed by atoms with E-state index in [2.05, 4.69) is 0 Å². The number of nitrogens with zero attached hydrogens (tertiary/aromatic N) is 2. The van der Waals surface area contributed by atoms with Gasteiger partial charge in [-0.3, -0.25) is 4.79 Å². The number of rotatable bonds is 1. The van der Waals surface area contributed by atoms with Crippen molar-refractivity contribution in [2.24, 2.45) is 0 Å². The first-order valence-electron chi connectivity index (χ1n) is 5.08. The zero-order valence-electron chi connectivity index (χ0n) is 9.54. The largest absolute Gasteiger partial charge is 0.408 e. The zero-order valence-corrected chi connectivity index (χ0v) is 9.54. The minimum absolute atomic E-state index is 0.188. The predicted molar refractivity (Wildman–Crippen MR) is 53.3 cm³/mol. The van der Waals surface area contributed by atoms with Crippen molar-refractivity contribution in [3.63, 3.8) is 0 Å². The van der Waals surface area contributed by atoms with Crippen LogP contribution in [0.15, 0.2) is 0 Å². The van der Waals surface area contributed by atoms with Crippen LogP contribution in [-0.4, -0.2) is 60.6 Å². The summed E-state index contributed by atoms with van der Waals surface area (Å²) in [6.45, 7) is 1.23. The molecule has 0 aliphatic carbocycles. The summed E-state index contributed by atoms with van der Waals surface area (Å²) in [7, 11) is 1.58. The molecule has 0 saturated carbocycles. The van der Waals surface area contributed by atoms with Crippen LogP contribution in [0, 0.1) is 0 Å². The summed E-state index contributed by atoms with van der Waals surface area (Å²) in [6.07, 6.45) is -4.48. The highest BCUT2D eigenvalue weighted by molar-refractivity contribution is 5.85. The molecule has 98 valence electrons. The third kappa shape index (κ3) is 3.50. The Morgan fingerprint density at radius 2 is 2.00 bits per heavy atom. The van der Waals surface area contributed by atoms with Gasteiger partial charge in [-0.1, -0.05) is 0 Å². The van der Waals surface area contributed by atoms with Crippen LogP contribution in [0.5, 0.6) is 0 Å². The Kier molecular flexibility index (Phi) is 3.84. The monoisotopic (exact) mass is 253 g/mol. The lowest BCUT2D eigenvalue weighted by Crippen LogP contribution is -2.56. The maximum atomic E-state index is 12.2. The Morgan fingerprint density at radius 1 is 1.41 bits per heavy atom. The van der Waals surface area contributed by atoms with Gasteiger partial charge in [0, 0.05) is 20.1 Å². The smallest absolute Gasteiger partial charge is 0.342 e. The Labute approximate surface area is 96.5 Å². The molecule has 1 aliphatic rings. The fourth-order valence-electron chi connectivity index (χ4n) is 1.29. The fourth-order valence-corrected chi connectivity index (χ4v) is 1.29. The second-order valence-corrected chi connectivity index (χ2v) is 3.95. The van der Waals surface area contributed by atoms with E-state index in [0.29, 0.717) is 6.54 Å². The van der Waals surface area contributed by atoms with Crippen molar-refractivity contribution in [2.75, 3.05) is 26.7 Å². The molecule has 5 nitrogen and oxygen atoms in total. The summed E-state index contributed by atoms with van der Waals surface area (Å²) in [5.41, 5.74) is 0. The number of hydrogen-bond donors (Lipinski definition) is 1. The van der Waals surface area contributed by atoms with Gasteiger partial charge in [0.2, 0.25) is 5.91 Å². The average Bonchev–Trinajstić information content (AvgIpc) is 2.20. The number of halogens is 3. The number of likely N-dealkylation sites (N-methyl/N-ethyl adjacent to an activating group) is 1. The fraction of sp³-hybridized carbons (Fsp3) is 0.778. The van der Waals surface area contributed by atoms with Crippen LogP contribution in [-0.2, 0) is 4.79 Å². The predicted octanol–water partition coefficient (Wildman–Crippen LogP) is 0.421. The number of piperazine rings is 1. The lowest BCUT2D eigenvalue weighted by molar-refractivity contribution is -0.149. The number of carbonyl (C=O) groups is 2. The van der Waals surface area contributed by atoms with Crippen LogP contribution in [0.2, 0.25) is 0 Å². The van der Waals surface area contributed by atoms with Gasteiger partial charge in [0.15, 0.2) is 0 Å². The highest BCUT2D eigenvalue weighted by Crippen LogP contribution is 2.19. The van der Waals surface area contributed by atoms with Crippen molar-refractivity contribution >= 4 is 11.9 Å². The van der Waals surface area contributed by atoms with Gasteiger partial charge in [-0.25, -0.2) is 4.79 Å². The number of alkyl halides is 3. The third-order valence-corrected chi connectivity index (χ3v) is 2.58. The number of hydrogen-bond acceptors (Lipinski definition) is 2.